The molecule has 1 saturated carbocycles. The van der Waals surface area contributed by atoms with E-state index in [0.717, 1.165) is 25.7 Å². The molecule has 6 atom stereocenters. The second kappa shape index (κ2) is 14.7. The van der Waals surface area contributed by atoms with Crippen molar-refractivity contribution in [1.29, 1.82) is 0 Å². The molecule has 1 aliphatic carbocycles. The first-order valence-corrected chi connectivity index (χ1v) is 13.9. The molecule has 15 heteroatoms. The van der Waals surface area contributed by atoms with Crippen LogP contribution in [0, 0.1) is 11.8 Å². The molecule has 15 nitrogen and oxygen atoms in total. The molecular formula is C25H42N8O7. The third kappa shape index (κ3) is 8.19. The number of ether oxygens (including phenoxy) is 1. The summed E-state index contributed by atoms with van der Waals surface area (Å²) in [6.07, 6.45) is 4.73. The molecule has 3 fully saturated rings. The number of rotatable bonds is 14. The number of nitrogens with one attached hydrogen (secondary N) is 3. The number of aliphatic carboxylic acids is 1. The Labute approximate surface area is 233 Å². The summed E-state index contributed by atoms with van der Waals surface area (Å²) in [5, 5.41) is 17.5. The molecule has 3 rings (SSSR count). The zero-order chi connectivity index (χ0) is 29.2. The fourth-order valence-corrected chi connectivity index (χ4v) is 5.81. The third-order valence-corrected chi connectivity index (χ3v) is 7.80. The van der Waals surface area contributed by atoms with Gasteiger partial charge in [0.2, 0.25) is 17.7 Å². The van der Waals surface area contributed by atoms with Gasteiger partial charge in [-0.05, 0) is 63.3 Å². The van der Waals surface area contributed by atoms with Crippen LogP contribution in [0.15, 0.2) is 4.99 Å². The number of nitrogens with zero attached hydrogens (tertiary/aromatic N) is 2. The summed E-state index contributed by atoms with van der Waals surface area (Å²) in [5.41, 5.74) is 16.3. The number of guanidine groups is 1. The van der Waals surface area contributed by atoms with Crippen LogP contribution >= 0.6 is 0 Å². The van der Waals surface area contributed by atoms with Crippen LogP contribution in [0.5, 0.6) is 0 Å². The van der Waals surface area contributed by atoms with E-state index in [9.17, 15) is 29.1 Å². The van der Waals surface area contributed by atoms with Crippen molar-refractivity contribution < 1.29 is 33.8 Å². The highest BCUT2D eigenvalue weighted by molar-refractivity contribution is 5.95. The second-order valence-corrected chi connectivity index (χ2v) is 10.6. The van der Waals surface area contributed by atoms with Gasteiger partial charge in [0.15, 0.2) is 5.96 Å². The van der Waals surface area contributed by atoms with Crippen LogP contribution in [0.3, 0.4) is 0 Å². The molecule has 0 spiro atoms. The van der Waals surface area contributed by atoms with E-state index in [4.69, 9.17) is 21.9 Å². The molecule has 224 valence electrons. The van der Waals surface area contributed by atoms with Crippen molar-refractivity contribution in [2.45, 2.75) is 82.0 Å². The zero-order valence-corrected chi connectivity index (χ0v) is 22.7. The van der Waals surface area contributed by atoms with E-state index in [0.29, 0.717) is 38.8 Å². The SMILES string of the molecule is NCCCC[C@H](NC(=O)[C@@H]1COC(=O)N1)C(=O)N1CC2CCCCC2[C@H]1C(=O)N[C@@H](CCCN=C(N)N)C(=O)O. The zero-order valence-electron chi connectivity index (χ0n) is 22.7. The molecule has 0 bridgehead atoms. The quantitative estimate of drug-likeness (QED) is 0.0717. The van der Waals surface area contributed by atoms with E-state index in [-0.39, 0.29) is 37.4 Å². The maximum atomic E-state index is 13.9. The van der Waals surface area contributed by atoms with Crippen molar-refractivity contribution in [3.63, 3.8) is 0 Å². The molecular weight excluding hydrogens is 524 g/mol. The van der Waals surface area contributed by atoms with E-state index in [2.05, 4.69) is 20.9 Å². The number of nitrogens with two attached hydrogens (primary N) is 3. The van der Waals surface area contributed by atoms with Crippen LogP contribution in [0.4, 0.5) is 4.79 Å². The van der Waals surface area contributed by atoms with E-state index in [1.807, 2.05) is 0 Å². The van der Waals surface area contributed by atoms with Gasteiger partial charge in [-0.15, -0.1) is 0 Å². The Morgan fingerprint density at radius 2 is 1.75 bits per heavy atom. The van der Waals surface area contributed by atoms with E-state index in [1.165, 1.54) is 4.90 Å². The molecule has 3 aliphatic rings. The van der Waals surface area contributed by atoms with Crippen LogP contribution in [0.25, 0.3) is 0 Å². The summed E-state index contributed by atoms with van der Waals surface area (Å²) in [6.45, 7) is 0.834. The Morgan fingerprint density at radius 3 is 2.40 bits per heavy atom. The summed E-state index contributed by atoms with van der Waals surface area (Å²) in [5.74, 6) is -2.80. The molecule has 0 aromatic heterocycles. The lowest BCUT2D eigenvalue weighted by Gasteiger charge is -2.32. The lowest BCUT2D eigenvalue weighted by atomic mass is 9.78. The van der Waals surface area contributed by atoms with Gasteiger partial charge in [0.25, 0.3) is 0 Å². The van der Waals surface area contributed by atoms with Crippen molar-refractivity contribution in [3.8, 4) is 0 Å². The Balaban J connectivity index is 1.77. The summed E-state index contributed by atoms with van der Waals surface area (Å²) in [6, 6.07) is -3.90. The minimum atomic E-state index is -1.19. The highest BCUT2D eigenvalue weighted by Gasteiger charge is 2.50. The van der Waals surface area contributed by atoms with Gasteiger partial charge in [-0.25, -0.2) is 9.59 Å². The van der Waals surface area contributed by atoms with E-state index >= 15 is 0 Å². The van der Waals surface area contributed by atoms with Gasteiger partial charge in [0.05, 0.1) is 0 Å². The van der Waals surface area contributed by atoms with Gasteiger partial charge in [-0.1, -0.05) is 12.8 Å². The van der Waals surface area contributed by atoms with Crippen molar-refractivity contribution in [2.75, 3.05) is 26.2 Å². The molecule has 4 amide bonds. The summed E-state index contributed by atoms with van der Waals surface area (Å²) in [4.78, 5) is 69.1. The maximum absolute atomic E-state index is 13.9. The van der Waals surface area contributed by atoms with Crippen LogP contribution in [-0.4, -0.2) is 96.2 Å². The van der Waals surface area contributed by atoms with E-state index in [1.54, 1.807) is 0 Å². The number of cyclic esters (lactones) is 1. The second-order valence-electron chi connectivity index (χ2n) is 10.6. The van der Waals surface area contributed by atoms with Crippen molar-refractivity contribution in [3.05, 3.63) is 0 Å². The molecule has 40 heavy (non-hydrogen) atoms. The standard InChI is InChI=1S/C25H42N8O7/c26-10-4-3-8-16(30-20(34)18-13-40-25(39)32-18)22(36)33-12-14-6-1-2-7-15(14)19(33)21(35)31-17(23(37)38)9-5-11-29-24(27)28/h14-19H,1-13,26H2,(H,30,34)(H,31,35)(H,32,39)(H,37,38)(H4,27,28,29)/t14?,15?,16-,17-,18-,19-/m0/s1. The monoisotopic (exact) mass is 566 g/mol. The Morgan fingerprint density at radius 1 is 1.05 bits per heavy atom. The summed E-state index contributed by atoms with van der Waals surface area (Å²) < 4.78 is 4.80. The molecule has 2 heterocycles. The maximum Gasteiger partial charge on any atom is 0.407 e. The van der Waals surface area contributed by atoms with Crippen molar-refractivity contribution in [2.24, 2.45) is 34.0 Å². The lowest BCUT2D eigenvalue weighted by Crippen LogP contribution is -2.58. The third-order valence-electron chi connectivity index (χ3n) is 7.80. The molecule has 0 aromatic carbocycles. The van der Waals surface area contributed by atoms with Gasteiger partial charge >= 0.3 is 12.1 Å². The normalized spacial score (nSPS) is 25.1. The number of unbranched alkanes of at least 4 members (excludes halogenated alkanes) is 1. The number of aliphatic imine (C=N–C) groups is 1. The molecule has 2 saturated heterocycles. The van der Waals surface area contributed by atoms with Crippen LogP contribution < -0.4 is 33.2 Å². The van der Waals surface area contributed by atoms with Gasteiger partial charge in [0, 0.05) is 13.1 Å². The number of alkyl carbamates (subject to hydrolysis) is 1. The number of fused-ring (bicyclic) bond motifs is 1. The van der Waals surface area contributed by atoms with Crippen molar-refractivity contribution >= 4 is 35.7 Å². The topological polar surface area (TPSA) is 245 Å². The number of hydrogen-bond donors (Lipinski definition) is 7. The van der Waals surface area contributed by atoms with Crippen molar-refractivity contribution in [1.82, 2.24) is 20.9 Å². The smallest absolute Gasteiger partial charge is 0.407 e. The van der Waals surface area contributed by atoms with Gasteiger partial charge in [0.1, 0.15) is 30.8 Å². The molecule has 2 aliphatic heterocycles. The minimum absolute atomic E-state index is 0.0986. The minimum Gasteiger partial charge on any atom is -0.480 e. The molecule has 2 unspecified atom stereocenters. The first-order valence-electron chi connectivity index (χ1n) is 13.9. The predicted octanol–water partition coefficient (Wildman–Crippen LogP) is -1.65. The number of carboxylic acids is 1. The Bertz CT molecular complexity index is 973. The number of carboxylic acid groups (broad SMARTS) is 1. The van der Waals surface area contributed by atoms with Gasteiger partial charge < -0.3 is 47.9 Å². The Hall–Kier alpha value is -3.62. The average Bonchev–Trinajstić information content (AvgIpc) is 3.53. The number of amides is 4. The highest BCUT2D eigenvalue weighted by atomic mass is 16.6. The van der Waals surface area contributed by atoms with Crippen LogP contribution in [0.1, 0.15) is 57.8 Å². The Kier molecular flexibility index (Phi) is 11.3. The molecule has 0 radical (unpaired) electrons. The predicted molar refractivity (Wildman–Crippen MR) is 144 cm³/mol. The summed E-state index contributed by atoms with van der Waals surface area (Å²) in [7, 11) is 0. The number of carbonyl (C=O) groups is 5. The summed E-state index contributed by atoms with van der Waals surface area (Å²) >= 11 is 0. The number of likely N-dealkylation sites (tertiary alicyclic amines) is 1. The first kappa shape index (κ1) is 30.9. The highest BCUT2D eigenvalue weighted by Crippen LogP contribution is 2.41. The molecule has 10 N–H and O–H groups in total. The number of carbonyl (C=O) groups excluding carboxylic acids is 4. The van der Waals surface area contributed by atoms with Gasteiger partial charge in [-0.3, -0.25) is 19.4 Å². The average molecular weight is 567 g/mol. The molecule has 0 aromatic rings. The van der Waals surface area contributed by atoms with Crippen LogP contribution in [0.2, 0.25) is 0 Å². The lowest BCUT2D eigenvalue weighted by molar-refractivity contribution is -0.145. The number of hydrogen-bond acceptors (Lipinski definition) is 8. The first-order chi connectivity index (χ1) is 19.1. The largest absolute Gasteiger partial charge is 0.480 e. The van der Waals surface area contributed by atoms with E-state index < -0.39 is 54.0 Å². The van der Waals surface area contributed by atoms with Gasteiger partial charge in [-0.2, -0.15) is 0 Å². The fourth-order valence-electron chi connectivity index (χ4n) is 5.81. The van der Waals surface area contributed by atoms with Crippen LogP contribution in [-0.2, 0) is 23.9 Å². The fraction of sp³-hybridized carbons (Fsp3) is 0.760.